The second-order valence-electron chi connectivity index (χ2n) is 5.94. The molecule has 1 aromatic heterocycles. The minimum Gasteiger partial charge on any atom is -0.301 e. The van der Waals surface area contributed by atoms with E-state index in [2.05, 4.69) is 64.0 Å². The summed E-state index contributed by atoms with van der Waals surface area (Å²) < 4.78 is 0. The van der Waals surface area contributed by atoms with Crippen LogP contribution in [0.2, 0.25) is 0 Å². The number of hydrogen-bond donors (Lipinski definition) is 1. The third-order valence-electron chi connectivity index (χ3n) is 3.96. The summed E-state index contributed by atoms with van der Waals surface area (Å²) >= 11 is 1.82. The van der Waals surface area contributed by atoms with Crippen molar-refractivity contribution in [3.63, 3.8) is 0 Å². The molecule has 0 fully saturated rings. The molecular weight excluding hydrogens is 276 g/mol. The van der Waals surface area contributed by atoms with Gasteiger partial charge in [0.1, 0.15) is 5.01 Å². The van der Waals surface area contributed by atoms with Gasteiger partial charge in [-0.2, -0.15) is 0 Å². The van der Waals surface area contributed by atoms with E-state index in [-0.39, 0.29) is 6.04 Å². The van der Waals surface area contributed by atoms with Crippen LogP contribution in [0.3, 0.4) is 0 Å². The predicted octanol–water partition coefficient (Wildman–Crippen LogP) is 5.04. The largest absolute Gasteiger partial charge is 0.301 e. The maximum absolute atomic E-state index is 4.55. The van der Waals surface area contributed by atoms with Crippen molar-refractivity contribution in [2.75, 3.05) is 0 Å². The second kappa shape index (κ2) is 6.71. The van der Waals surface area contributed by atoms with Crippen molar-refractivity contribution in [1.82, 2.24) is 10.3 Å². The molecule has 0 aliphatic heterocycles. The van der Waals surface area contributed by atoms with Gasteiger partial charge in [0.25, 0.3) is 0 Å². The zero-order valence-corrected chi connectivity index (χ0v) is 14.8. The summed E-state index contributed by atoms with van der Waals surface area (Å²) in [5.74, 6) is 0. The first kappa shape index (κ1) is 16.2. The van der Waals surface area contributed by atoms with Gasteiger partial charge in [0.2, 0.25) is 0 Å². The number of nitrogens with zero attached hydrogens (tertiary/aromatic N) is 1. The Morgan fingerprint density at radius 1 is 1.10 bits per heavy atom. The summed E-state index contributed by atoms with van der Waals surface area (Å²) in [6.07, 6.45) is 3.07. The van der Waals surface area contributed by atoms with Crippen LogP contribution in [0, 0.1) is 20.8 Å². The lowest BCUT2D eigenvalue weighted by Gasteiger charge is -2.23. The third-order valence-corrected chi connectivity index (χ3v) is 5.29. The highest BCUT2D eigenvalue weighted by Gasteiger charge is 2.17. The normalized spacial score (nSPS) is 14.2. The van der Waals surface area contributed by atoms with Gasteiger partial charge in [-0.1, -0.05) is 24.6 Å². The van der Waals surface area contributed by atoms with E-state index in [1.807, 2.05) is 17.5 Å². The average molecular weight is 302 g/mol. The summed E-state index contributed by atoms with van der Waals surface area (Å²) in [5.41, 5.74) is 5.49. The molecular formula is C18H26N2S. The summed E-state index contributed by atoms with van der Waals surface area (Å²) in [4.78, 5) is 5.90. The van der Waals surface area contributed by atoms with Gasteiger partial charge in [-0.3, -0.25) is 0 Å². The molecule has 2 unspecified atom stereocenters. The van der Waals surface area contributed by atoms with Crippen LogP contribution in [0.15, 0.2) is 18.3 Å². The van der Waals surface area contributed by atoms with Crippen molar-refractivity contribution in [3.05, 3.63) is 50.5 Å². The topological polar surface area (TPSA) is 24.9 Å². The Morgan fingerprint density at radius 3 is 2.24 bits per heavy atom. The van der Waals surface area contributed by atoms with Crippen LogP contribution in [-0.2, 0) is 6.42 Å². The predicted molar refractivity (Wildman–Crippen MR) is 92.1 cm³/mol. The van der Waals surface area contributed by atoms with Crippen molar-refractivity contribution in [1.29, 1.82) is 0 Å². The molecule has 2 nitrogen and oxygen atoms in total. The zero-order valence-electron chi connectivity index (χ0n) is 13.9. The van der Waals surface area contributed by atoms with Gasteiger partial charge in [0.15, 0.2) is 0 Å². The Morgan fingerprint density at radius 2 is 1.71 bits per heavy atom. The molecule has 0 bridgehead atoms. The molecule has 1 heterocycles. The van der Waals surface area contributed by atoms with Crippen LogP contribution in [0.4, 0.5) is 0 Å². The fraction of sp³-hybridized carbons (Fsp3) is 0.500. The van der Waals surface area contributed by atoms with Gasteiger partial charge in [0.05, 0.1) is 6.04 Å². The molecule has 0 aliphatic rings. The van der Waals surface area contributed by atoms with Crippen molar-refractivity contribution in [3.8, 4) is 0 Å². The molecule has 114 valence electrons. The maximum Gasteiger partial charge on any atom is 0.109 e. The second-order valence-corrected chi connectivity index (χ2v) is 7.09. The molecule has 3 heteroatoms. The number of thiazole rings is 1. The monoisotopic (exact) mass is 302 g/mol. The molecule has 1 N–H and O–H groups in total. The van der Waals surface area contributed by atoms with Crippen molar-refractivity contribution >= 4 is 11.3 Å². The van der Waals surface area contributed by atoms with E-state index in [0.29, 0.717) is 6.04 Å². The molecule has 2 rings (SSSR count). The summed E-state index contributed by atoms with van der Waals surface area (Å²) in [5, 5.41) is 4.88. The Kier molecular flexibility index (Phi) is 5.17. The third kappa shape index (κ3) is 3.72. The number of benzene rings is 1. The lowest BCUT2D eigenvalue weighted by Crippen LogP contribution is -2.23. The lowest BCUT2D eigenvalue weighted by molar-refractivity contribution is 0.490. The van der Waals surface area contributed by atoms with Gasteiger partial charge in [0, 0.05) is 17.1 Å². The van der Waals surface area contributed by atoms with Crippen LogP contribution in [0.5, 0.6) is 0 Å². The first-order chi connectivity index (χ1) is 9.92. The summed E-state index contributed by atoms with van der Waals surface area (Å²) in [6.45, 7) is 13.2. The number of nitrogens with one attached hydrogen (secondary N) is 1. The Bertz CT molecular complexity index is 592. The number of aromatic nitrogens is 1. The highest BCUT2D eigenvalue weighted by Crippen LogP contribution is 2.27. The van der Waals surface area contributed by atoms with Crippen molar-refractivity contribution in [2.24, 2.45) is 0 Å². The molecule has 0 aliphatic carbocycles. The smallest absolute Gasteiger partial charge is 0.109 e. The highest BCUT2D eigenvalue weighted by atomic mass is 32.1. The fourth-order valence-electron chi connectivity index (χ4n) is 3.09. The van der Waals surface area contributed by atoms with E-state index in [9.17, 15) is 0 Å². The highest BCUT2D eigenvalue weighted by molar-refractivity contribution is 7.11. The molecule has 0 radical (unpaired) electrons. The zero-order chi connectivity index (χ0) is 15.6. The molecule has 0 saturated heterocycles. The van der Waals surface area contributed by atoms with Crippen LogP contribution >= 0.6 is 11.3 Å². The van der Waals surface area contributed by atoms with Crippen LogP contribution < -0.4 is 5.32 Å². The number of rotatable bonds is 5. The van der Waals surface area contributed by atoms with E-state index in [0.717, 1.165) is 6.42 Å². The minimum atomic E-state index is 0.283. The molecule has 0 spiro atoms. The van der Waals surface area contributed by atoms with Crippen LogP contribution in [0.1, 0.15) is 65.0 Å². The van der Waals surface area contributed by atoms with E-state index in [1.54, 1.807) is 0 Å². The minimum absolute atomic E-state index is 0.283. The van der Waals surface area contributed by atoms with Crippen LogP contribution in [0.25, 0.3) is 0 Å². The lowest BCUT2D eigenvalue weighted by atomic mass is 9.94. The quantitative estimate of drug-likeness (QED) is 0.836. The maximum atomic E-state index is 4.55. The van der Waals surface area contributed by atoms with E-state index in [1.165, 1.54) is 32.1 Å². The van der Waals surface area contributed by atoms with Gasteiger partial charge in [-0.05, 0) is 57.7 Å². The molecule has 1 aromatic carbocycles. The van der Waals surface area contributed by atoms with Crippen molar-refractivity contribution < 1.29 is 0 Å². The first-order valence-electron chi connectivity index (χ1n) is 7.70. The van der Waals surface area contributed by atoms with Gasteiger partial charge < -0.3 is 5.32 Å². The first-order valence-corrected chi connectivity index (χ1v) is 8.52. The number of hydrogen-bond acceptors (Lipinski definition) is 3. The van der Waals surface area contributed by atoms with Crippen molar-refractivity contribution in [2.45, 2.75) is 60.0 Å². The molecule has 0 saturated carbocycles. The van der Waals surface area contributed by atoms with E-state index >= 15 is 0 Å². The Labute approximate surface area is 132 Å². The summed E-state index contributed by atoms with van der Waals surface area (Å²) in [7, 11) is 0. The SMILES string of the molecule is CCc1cnc(C(C)NC(C)c2c(C)cc(C)cc2C)s1. The van der Waals surface area contributed by atoms with Crippen LogP contribution in [-0.4, -0.2) is 4.98 Å². The van der Waals surface area contributed by atoms with E-state index in [4.69, 9.17) is 0 Å². The molecule has 2 aromatic rings. The van der Waals surface area contributed by atoms with Gasteiger partial charge in [-0.15, -0.1) is 11.3 Å². The molecule has 2 atom stereocenters. The molecule has 21 heavy (non-hydrogen) atoms. The van der Waals surface area contributed by atoms with Gasteiger partial charge >= 0.3 is 0 Å². The fourth-order valence-corrected chi connectivity index (χ4v) is 3.96. The van der Waals surface area contributed by atoms with E-state index < -0.39 is 0 Å². The van der Waals surface area contributed by atoms with Gasteiger partial charge in [-0.25, -0.2) is 4.98 Å². The molecule has 0 amide bonds. The number of aryl methyl sites for hydroxylation is 4. The Hall–Kier alpha value is -1.19. The average Bonchev–Trinajstić information content (AvgIpc) is 2.86. The standard InChI is InChI=1S/C18H26N2S/c1-7-16-10-19-18(21-16)15(6)20-14(5)17-12(3)8-11(2)9-13(17)4/h8-10,14-15,20H,7H2,1-6H3. The summed E-state index contributed by atoms with van der Waals surface area (Å²) in [6, 6.07) is 5.15. The Balaban J connectivity index is 2.16.